The minimum absolute atomic E-state index is 0.330. The number of hydrogen-bond acceptors (Lipinski definition) is 4. The van der Waals surface area contributed by atoms with E-state index in [0.29, 0.717) is 0 Å². The van der Waals surface area contributed by atoms with E-state index < -0.39 is 14.3 Å². The van der Waals surface area contributed by atoms with Crippen LogP contribution in [0, 0.1) is 0 Å². The van der Waals surface area contributed by atoms with Crippen molar-refractivity contribution in [1.29, 1.82) is 0 Å². The van der Waals surface area contributed by atoms with Crippen LogP contribution in [0.1, 0.15) is 213 Å². The Labute approximate surface area is 289 Å². The summed E-state index contributed by atoms with van der Waals surface area (Å²) in [7, 11) is -0.919. The highest BCUT2D eigenvalue weighted by Crippen LogP contribution is 2.32. The van der Waals surface area contributed by atoms with E-state index in [4.69, 9.17) is 9.16 Å². The van der Waals surface area contributed by atoms with E-state index in [9.17, 15) is 9.59 Å². The lowest BCUT2D eigenvalue weighted by molar-refractivity contribution is -0.136. The first-order valence-corrected chi connectivity index (χ1v) is 23.1. The summed E-state index contributed by atoms with van der Waals surface area (Å²) in [4.78, 5) is 24.7. The van der Waals surface area contributed by atoms with Crippen LogP contribution < -0.4 is 0 Å². The lowest BCUT2D eigenvalue weighted by atomic mass is 10.1. The Morgan fingerprint density at radius 1 is 0.391 bits per heavy atom. The molecule has 46 heavy (non-hydrogen) atoms. The summed E-state index contributed by atoms with van der Waals surface area (Å²) in [5.74, 6) is -0.827. The fourth-order valence-corrected chi connectivity index (χ4v) is 11.0. The summed E-state index contributed by atoms with van der Waals surface area (Å²) in [6.45, 7) is 6.84. The predicted octanol–water partition coefficient (Wildman–Crippen LogP) is 14.0. The maximum atomic E-state index is 13.0. The van der Waals surface area contributed by atoms with Crippen LogP contribution in [0.2, 0.25) is 18.1 Å². The highest BCUT2D eigenvalue weighted by atomic mass is 28.4. The summed E-state index contributed by atoms with van der Waals surface area (Å²) in [5, 5.41) is 0. The molecule has 0 aromatic carbocycles. The van der Waals surface area contributed by atoms with Gasteiger partial charge in [-0.3, -0.25) is 0 Å². The average molecular weight is 665 g/mol. The second kappa shape index (κ2) is 35.2. The van der Waals surface area contributed by atoms with Gasteiger partial charge in [0, 0.05) is 12.2 Å². The molecule has 0 radical (unpaired) electrons. The number of carbonyl (C=O) groups is 2. The number of ether oxygens (including phenoxy) is 1. The van der Waals surface area contributed by atoms with Crippen molar-refractivity contribution in [2.45, 2.75) is 232 Å². The molecule has 0 atom stereocenters. The van der Waals surface area contributed by atoms with Crippen LogP contribution >= 0.6 is 0 Å². The van der Waals surface area contributed by atoms with Crippen molar-refractivity contribution in [3.05, 3.63) is 12.2 Å². The largest absolute Gasteiger partial charge is 0.516 e. The van der Waals surface area contributed by atoms with Crippen molar-refractivity contribution >= 4 is 20.3 Å². The van der Waals surface area contributed by atoms with Crippen LogP contribution in [0.25, 0.3) is 0 Å². The summed E-state index contributed by atoms with van der Waals surface area (Å²) in [6.07, 6.45) is 42.2. The van der Waals surface area contributed by atoms with E-state index in [-0.39, 0.29) is 5.97 Å². The Hall–Kier alpha value is -1.10. The molecule has 0 rings (SSSR count). The number of methoxy groups -OCH3 is 1. The van der Waals surface area contributed by atoms with Gasteiger partial charge in [-0.1, -0.05) is 213 Å². The second-order valence-corrected chi connectivity index (χ2v) is 18.3. The van der Waals surface area contributed by atoms with Gasteiger partial charge in [-0.05, 0) is 18.1 Å². The normalized spacial score (nSPS) is 11.8. The number of carbonyl (C=O) groups excluding carboxylic acids is 2. The van der Waals surface area contributed by atoms with Crippen molar-refractivity contribution in [2.75, 3.05) is 7.11 Å². The molecule has 0 unspecified atom stereocenters. The third-order valence-corrected chi connectivity index (χ3v) is 14.3. The van der Waals surface area contributed by atoms with Crippen molar-refractivity contribution in [3.63, 3.8) is 0 Å². The Bertz CT molecular complexity index is 632. The van der Waals surface area contributed by atoms with Gasteiger partial charge in [0.2, 0.25) is 0 Å². The zero-order valence-corrected chi connectivity index (χ0v) is 32.6. The highest BCUT2D eigenvalue weighted by Gasteiger charge is 2.36. The van der Waals surface area contributed by atoms with E-state index in [1.165, 1.54) is 212 Å². The average Bonchev–Trinajstić information content (AvgIpc) is 3.06. The van der Waals surface area contributed by atoms with E-state index in [2.05, 4.69) is 20.8 Å². The van der Waals surface area contributed by atoms with Gasteiger partial charge < -0.3 is 9.16 Å². The maximum absolute atomic E-state index is 13.0. The molecule has 0 heterocycles. The van der Waals surface area contributed by atoms with Crippen LogP contribution in [-0.4, -0.2) is 27.4 Å². The molecule has 0 aliphatic heterocycles. The lowest BCUT2D eigenvalue weighted by Crippen LogP contribution is -2.40. The Morgan fingerprint density at radius 3 is 0.891 bits per heavy atom. The van der Waals surface area contributed by atoms with Crippen molar-refractivity contribution in [1.82, 2.24) is 0 Å². The van der Waals surface area contributed by atoms with Crippen molar-refractivity contribution in [2.24, 2.45) is 0 Å². The van der Waals surface area contributed by atoms with E-state index >= 15 is 0 Å². The van der Waals surface area contributed by atoms with E-state index in [1.54, 1.807) is 0 Å². The van der Waals surface area contributed by atoms with Gasteiger partial charge in [0.05, 0.1) is 7.11 Å². The standard InChI is InChI=1S/C41H80O4Si/c1-5-8-11-14-17-20-23-26-29-32-37-46(45-41(43)36-35-40(42)44-4,38-33-30-27-24-21-18-15-12-9-6-2)39-34-31-28-25-22-19-16-13-10-7-3/h35-36H,5-34,37-39H2,1-4H3. The van der Waals surface area contributed by atoms with Crippen LogP contribution in [0.3, 0.4) is 0 Å². The fraction of sp³-hybridized carbons (Fsp3) is 0.902. The van der Waals surface area contributed by atoms with Gasteiger partial charge in [0.25, 0.3) is 8.32 Å². The minimum atomic E-state index is -2.26. The quantitative estimate of drug-likeness (QED) is 0.0289. The summed E-state index contributed by atoms with van der Waals surface area (Å²) in [6, 6.07) is 3.24. The van der Waals surface area contributed by atoms with Gasteiger partial charge in [-0.15, -0.1) is 0 Å². The molecule has 0 spiro atoms. The molecule has 0 aliphatic rings. The molecule has 5 heteroatoms. The molecule has 0 fully saturated rings. The maximum Gasteiger partial charge on any atom is 0.330 e. The smallest absolute Gasteiger partial charge is 0.330 e. The third kappa shape index (κ3) is 30.2. The first-order chi connectivity index (χ1) is 22.5. The summed E-state index contributed by atoms with van der Waals surface area (Å²) >= 11 is 0. The van der Waals surface area contributed by atoms with Crippen LogP contribution in [0.5, 0.6) is 0 Å². The zero-order chi connectivity index (χ0) is 33.8. The van der Waals surface area contributed by atoms with Crippen LogP contribution in [-0.2, 0) is 18.8 Å². The Kier molecular flexibility index (Phi) is 34.4. The Balaban J connectivity index is 5.04. The molecule has 0 saturated carbocycles. The first-order valence-electron chi connectivity index (χ1n) is 20.5. The molecule has 0 aliphatic carbocycles. The van der Waals surface area contributed by atoms with Gasteiger partial charge in [0.1, 0.15) is 0 Å². The fourth-order valence-electron chi connectivity index (χ4n) is 6.78. The number of hydrogen-bond donors (Lipinski definition) is 0. The minimum Gasteiger partial charge on any atom is -0.516 e. The zero-order valence-electron chi connectivity index (χ0n) is 31.6. The highest BCUT2D eigenvalue weighted by molar-refractivity contribution is 6.75. The van der Waals surface area contributed by atoms with E-state index in [1.807, 2.05) is 0 Å². The molecular formula is C41H80O4Si. The van der Waals surface area contributed by atoms with E-state index in [0.717, 1.165) is 18.1 Å². The molecule has 0 saturated heterocycles. The number of rotatable bonds is 36. The molecule has 0 bridgehead atoms. The molecular weight excluding hydrogens is 585 g/mol. The summed E-state index contributed by atoms with van der Waals surface area (Å²) in [5.41, 5.74) is 0. The number of unbranched alkanes of at least 4 members (excludes halogenated alkanes) is 27. The SMILES string of the molecule is CCCCCCCCCCCC[Si](CCCCCCCCCCCC)(CCCCCCCCCCCC)OC(=O)C=CC(=O)OC. The lowest BCUT2D eigenvalue weighted by Gasteiger charge is -2.31. The molecule has 0 N–H and O–H groups in total. The van der Waals surface area contributed by atoms with Gasteiger partial charge in [0.15, 0.2) is 0 Å². The molecule has 272 valence electrons. The first kappa shape index (κ1) is 44.9. The van der Waals surface area contributed by atoms with Crippen molar-refractivity contribution in [3.8, 4) is 0 Å². The van der Waals surface area contributed by atoms with Crippen LogP contribution in [0.15, 0.2) is 12.2 Å². The molecule has 0 amide bonds. The van der Waals surface area contributed by atoms with Gasteiger partial charge in [-0.2, -0.15) is 0 Å². The number of esters is 1. The molecule has 0 aromatic rings. The second-order valence-electron chi connectivity index (χ2n) is 14.3. The molecule has 0 aromatic heterocycles. The predicted molar refractivity (Wildman–Crippen MR) is 203 cm³/mol. The third-order valence-electron chi connectivity index (χ3n) is 9.83. The Morgan fingerprint density at radius 2 is 0.630 bits per heavy atom. The van der Waals surface area contributed by atoms with Gasteiger partial charge >= 0.3 is 11.9 Å². The van der Waals surface area contributed by atoms with Gasteiger partial charge in [-0.25, -0.2) is 9.59 Å². The molecule has 4 nitrogen and oxygen atoms in total. The van der Waals surface area contributed by atoms with Crippen LogP contribution in [0.4, 0.5) is 0 Å². The monoisotopic (exact) mass is 665 g/mol. The summed E-state index contributed by atoms with van der Waals surface area (Å²) < 4.78 is 11.2. The van der Waals surface area contributed by atoms with Crippen molar-refractivity contribution < 1.29 is 18.8 Å². The topological polar surface area (TPSA) is 52.6 Å².